The van der Waals surface area contributed by atoms with Gasteiger partial charge < -0.3 is 9.88 Å². The summed E-state index contributed by atoms with van der Waals surface area (Å²) in [4.78, 5) is 0. The number of nitrogens with one attached hydrogen (secondary N) is 1. The lowest BCUT2D eigenvalue weighted by atomic mass is 10.1. The normalized spacial score (nSPS) is 16.1. The molecule has 2 heterocycles. The van der Waals surface area contributed by atoms with Gasteiger partial charge in [-0.1, -0.05) is 30.3 Å². The molecule has 0 amide bonds. The first-order chi connectivity index (χ1) is 9.34. The average molecular weight is 256 g/mol. The Labute approximate surface area is 113 Å². The summed E-state index contributed by atoms with van der Waals surface area (Å²) in [6.45, 7) is 4.03. The summed E-state index contributed by atoms with van der Waals surface area (Å²) in [7, 11) is 0. The Balaban J connectivity index is 1.65. The van der Waals surface area contributed by atoms with Crippen LogP contribution in [-0.2, 0) is 19.5 Å². The van der Waals surface area contributed by atoms with Gasteiger partial charge in [0.2, 0.25) is 0 Å². The largest absolute Gasteiger partial charge is 0.314 e. The highest BCUT2D eigenvalue weighted by Gasteiger charge is 2.15. The minimum absolute atomic E-state index is 0.331. The van der Waals surface area contributed by atoms with E-state index in [1.54, 1.807) is 0 Å². The molecular formula is C15H20N4. The van der Waals surface area contributed by atoms with Crippen LogP contribution < -0.4 is 5.32 Å². The molecule has 0 unspecified atom stereocenters. The van der Waals surface area contributed by atoms with Gasteiger partial charge >= 0.3 is 0 Å². The maximum absolute atomic E-state index is 4.31. The molecule has 1 N–H and O–H groups in total. The van der Waals surface area contributed by atoms with Crippen LogP contribution in [0.1, 0.15) is 43.0 Å². The topological polar surface area (TPSA) is 42.7 Å². The highest BCUT2D eigenvalue weighted by molar-refractivity contribution is 5.18. The predicted octanol–water partition coefficient (Wildman–Crippen LogP) is 2.47. The molecule has 0 saturated heterocycles. The molecule has 1 aromatic heterocycles. The van der Waals surface area contributed by atoms with Crippen molar-refractivity contribution in [2.24, 2.45) is 0 Å². The lowest BCUT2D eigenvalue weighted by Gasteiger charge is -2.17. The van der Waals surface area contributed by atoms with E-state index in [9.17, 15) is 0 Å². The number of aromatic nitrogens is 3. The predicted molar refractivity (Wildman–Crippen MR) is 74.7 cm³/mol. The second-order valence-corrected chi connectivity index (χ2v) is 5.15. The number of benzene rings is 1. The van der Waals surface area contributed by atoms with Crippen LogP contribution in [0.25, 0.3) is 0 Å². The third kappa shape index (κ3) is 2.68. The summed E-state index contributed by atoms with van der Waals surface area (Å²) < 4.78 is 2.27. The number of hydrogen-bond donors (Lipinski definition) is 1. The van der Waals surface area contributed by atoms with Gasteiger partial charge in [0.05, 0.1) is 6.54 Å². The monoisotopic (exact) mass is 256 g/mol. The van der Waals surface area contributed by atoms with Gasteiger partial charge in [-0.15, -0.1) is 10.2 Å². The molecule has 3 rings (SSSR count). The molecule has 4 nitrogen and oxygen atoms in total. The van der Waals surface area contributed by atoms with Crippen molar-refractivity contribution in [3.63, 3.8) is 0 Å². The summed E-state index contributed by atoms with van der Waals surface area (Å²) in [5.74, 6) is 2.22. The number of nitrogens with zero attached hydrogens (tertiary/aromatic N) is 3. The van der Waals surface area contributed by atoms with E-state index >= 15 is 0 Å². The Morgan fingerprint density at radius 3 is 2.89 bits per heavy atom. The first kappa shape index (κ1) is 12.4. The standard InChI is InChI=1S/C15H20N4/c1-12(13-7-3-2-4-8-13)16-11-15-18-17-14-9-5-6-10-19(14)15/h2-4,7-8,12,16H,5-6,9-11H2,1H3/t12-/m1/s1. The maximum Gasteiger partial charge on any atom is 0.147 e. The molecule has 1 aliphatic rings. The summed E-state index contributed by atoms with van der Waals surface area (Å²) in [5.41, 5.74) is 1.31. The third-order valence-corrected chi connectivity index (χ3v) is 3.80. The second-order valence-electron chi connectivity index (χ2n) is 5.15. The van der Waals surface area contributed by atoms with E-state index in [1.807, 2.05) is 6.07 Å². The van der Waals surface area contributed by atoms with Crippen LogP contribution in [-0.4, -0.2) is 14.8 Å². The van der Waals surface area contributed by atoms with Crippen LogP contribution in [0.3, 0.4) is 0 Å². The molecule has 4 heteroatoms. The van der Waals surface area contributed by atoms with Crippen molar-refractivity contribution in [2.45, 2.75) is 45.3 Å². The van der Waals surface area contributed by atoms with Gasteiger partial charge in [-0.25, -0.2) is 0 Å². The van der Waals surface area contributed by atoms with E-state index in [-0.39, 0.29) is 0 Å². The number of rotatable bonds is 4. The first-order valence-electron chi connectivity index (χ1n) is 7.04. The highest BCUT2D eigenvalue weighted by atomic mass is 15.3. The first-order valence-corrected chi connectivity index (χ1v) is 7.04. The zero-order valence-electron chi connectivity index (χ0n) is 11.3. The van der Waals surface area contributed by atoms with Crippen LogP contribution in [0.5, 0.6) is 0 Å². The number of fused-ring (bicyclic) bond motifs is 1. The molecule has 0 radical (unpaired) electrons. The van der Waals surface area contributed by atoms with Crippen LogP contribution in [0.2, 0.25) is 0 Å². The van der Waals surface area contributed by atoms with Crippen molar-refractivity contribution in [1.29, 1.82) is 0 Å². The van der Waals surface area contributed by atoms with Crippen LogP contribution >= 0.6 is 0 Å². The molecule has 2 aromatic rings. The third-order valence-electron chi connectivity index (χ3n) is 3.80. The Kier molecular flexibility index (Phi) is 3.60. The molecule has 0 saturated carbocycles. The zero-order chi connectivity index (χ0) is 13.1. The zero-order valence-corrected chi connectivity index (χ0v) is 11.3. The molecule has 100 valence electrons. The molecule has 1 atom stereocenters. The van der Waals surface area contributed by atoms with Gasteiger partial charge in [0, 0.05) is 19.0 Å². The summed E-state index contributed by atoms with van der Waals surface area (Å²) in [5, 5.41) is 12.1. The molecule has 1 aliphatic heterocycles. The van der Waals surface area contributed by atoms with Gasteiger partial charge in [-0.3, -0.25) is 0 Å². The molecule has 0 spiro atoms. The minimum Gasteiger partial charge on any atom is -0.314 e. The Morgan fingerprint density at radius 1 is 1.21 bits per heavy atom. The molecule has 0 fully saturated rings. The van der Waals surface area contributed by atoms with E-state index in [2.05, 4.69) is 51.3 Å². The Bertz CT molecular complexity index is 532. The SMILES string of the molecule is C[C@@H](NCc1nnc2n1CCCC2)c1ccccc1. The van der Waals surface area contributed by atoms with Crippen molar-refractivity contribution in [3.05, 3.63) is 47.5 Å². The summed E-state index contributed by atoms with van der Waals surface area (Å²) >= 11 is 0. The number of aryl methyl sites for hydroxylation is 1. The highest BCUT2D eigenvalue weighted by Crippen LogP contribution is 2.16. The smallest absolute Gasteiger partial charge is 0.147 e. The van der Waals surface area contributed by atoms with Crippen molar-refractivity contribution < 1.29 is 0 Å². The van der Waals surface area contributed by atoms with Crippen LogP contribution in [0.4, 0.5) is 0 Å². The fraction of sp³-hybridized carbons (Fsp3) is 0.467. The minimum atomic E-state index is 0.331. The van der Waals surface area contributed by atoms with E-state index in [0.717, 1.165) is 31.2 Å². The lowest BCUT2D eigenvalue weighted by molar-refractivity contribution is 0.484. The fourth-order valence-electron chi connectivity index (χ4n) is 2.60. The van der Waals surface area contributed by atoms with Gasteiger partial charge in [0.15, 0.2) is 0 Å². The molecule has 0 bridgehead atoms. The average Bonchev–Trinajstić information content (AvgIpc) is 2.89. The quantitative estimate of drug-likeness (QED) is 0.913. The van der Waals surface area contributed by atoms with E-state index in [0.29, 0.717) is 6.04 Å². The van der Waals surface area contributed by atoms with E-state index in [4.69, 9.17) is 0 Å². The molecule has 19 heavy (non-hydrogen) atoms. The van der Waals surface area contributed by atoms with Gasteiger partial charge in [0.1, 0.15) is 11.6 Å². The van der Waals surface area contributed by atoms with Gasteiger partial charge in [0.25, 0.3) is 0 Å². The van der Waals surface area contributed by atoms with Crippen LogP contribution in [0.15, 0.2) is 30.3 Å². The van der Waals surface area contributed by atoms with Crippen molar-refractivity contribution in [2.75, 3.05) is 0 Å². The summed E-state index contributed by atoms with van der Waals surface area (Å²) in [6, 6.07) is 10.8. The van der Waals surface area contributed by atoms with Crippen molar-refractivity contribution in [1.82, 2.24) is 20.1 Å². The maximum atomic E-state index is 4.31. The van der Waals surface area contributed by atoms with Gasteiger partial charge in [-0.2, -0.15) is 0 Å². The fourth-order valence-corrected chi connectivity index (χ4v) is 2.60. The van der Waals surface area contributed by atoms with E-state index in [1.165, 1.54) is 18.4 Å². The van der Waals surface area contributed by atoms with Crippen molar-refractivity contribution >= 4 is 0 Å². The number of hydrogen-bond acceptors (Lipinski definition) is 3. The van der Waals surface area contributed by atoms with Crippen LogP contribution in [0, 0.1) is 0 Å². The Hall–Kier alpha value is -1.68. The second kappa shape index (κ2) is 5.53. The van der Waals surface area contributed by atoms with Gasteiger partial charge in [-0.05, 0) is 25.3 Å². The Morgan fingerprint density at radius 2 is 2.05 bits per heavy atom. The molecule has 1 aromatic carbocycles. The molecule has 0 aliphatic carbocycles. The van der Waals surface area contributed by atoms with E-state index < -0.39 is 0 Å². The summed E-state index contributed by atoms with van der Waals surface area (Å²) in [6.07, 6.45) is 3.56. The lowest BCUT2D eigenvalue weighted by Crippen LogP contribution is -2.22. The van der Waals surface area contributed by atoms with Crippen molar-refractivity contribution in [3.8, 4) is 0 Å². The molecular weight excluding hydrogens is 236 g/mol.